The number of nitrogens with zero attached hydrogens (tertiary/aromatic N) is 1. The lowest BCUT2D eigenvalue weighted by Crippen LogP contribution is -2.52. The second-order valence-corrected chi connectivity index (χ2v) is 8.05. The molecule has 1 aromatic rings. The smallest absolute Gasteiger partial charge is 0.255 e. The Balaban J connectivity index is 0.00000261. The topological polar surface area (TPSA) is 67.6 Å². The molecule has 0 radical (unpaired) electrons. The lowest BCUT2D eigenvalue weighted by molar-refractivity contribution is 0.0632. The third-order valence-electron chi connectivity index (χ3n) is 5.87. The van der Waals surface area contributed by atoms with Crippen molar-refractivity contribution in [2.24, 2.45) is 0 Å². The van der Waals surface area contributed by atoms with Crippen LogP contribution in [0.5, 0.6) is 5.75 Å². The van der Waals surface area contributed by atoms with Crippen LogP contribution in [0.1, 0.15) is 62.2 Å². The van der Waals surface area contributed by atoms with Gasteiger partial charge in [-0.05, 0) is 38.7 Å². The fourth-order valence-electron chi connectivity index (χ4n) is 4.46. The van der Waals surface area contributed by atoms with E-state index >= 15 is 0 Å². The highest BCUT2D eigenvalue weighted by Gasteiger charge is 2.32. The van der Waals surface area contributed by atoms with E-state index in [2.05, 4.69) is 17.1 Å². The molecule has 1 amide bonds. The third-order valence-corrected chi connectivity index (χ3v) is 6.20. The van der Waals surface area contributed by atoms with Crippen LogP contribution >= 0.6 is 24.0 Å². The Morgan fingerprint density at radius 2 is 1.96 bits per heavy atom. The van der Waals surface area contributed by atoms with Crippen LogP contribution in [0.2, 0.25) is 5.02 Å². The second-order valence-electron chi connectivity index (χ2n) is 7.65. The number of hydrogen-bond acceptors (Lipinski definition) is 4. The minimum absolute atomic E-state index is 0. The normalized spacial score (nSPS) is 24.1. The first-order valence-corrected chi connectivity index (χ1v) is 10.1. The molecule has 1 saturated carbocycles. The summed E-state index contributed by atoms with van der Waals surface area (Å²) in [5.74, 6) is 0.309. The fraction of sp³-hybridized carbons (Fsp3) is 0.650. The van der Waals surface area contributed by atoms with Crippen molar-refractivity contribution in [3.05, 3.63) is 22.7 Å². The molecule has 1 aromatic carbocycles. The van der Waals surface area contributed by atoms with Crippen LogP contribution in [0, 0.1) is 0 Å². The minimum Gasteiger partial charge on any atom is -0.496 e. The van der Waals surface area contributed by atoms with Crippen molar-refractivity contribution in [2.45, 2.75) is 70.0 Å². The molecule has 3 N–H and O–H groups in total. The Morgan fingerprint density at radius 3 is 2.59 bits per heavy atom. The highest BCUT2D eigenvalue weighted by Crippen LogP contribution is 2.31. The third kappa shape index (κ3) is 5.21. The predicted octanol–water partition coefficient (Wildman–Crippen LogP) is 4.27. The molecule has 1 saturated heterocycles. The van der Waals surface area contributed by atoms with Crippen LogP contribution in [0.25, 0.3) is 0 Å². The van der Waals surface area contributed by atoms with Crippen LogP contribution in [-0.4, -0.2) is 42.6 Å². The summed E-state index contributed by atoms with van der Waals surface area (Å²) >= 11 is 6.09. The predicted molar refractivity (Wildman–Crippen MR) is 113 cm³/mol. The number of carbonyl (C=O) groups is 1. The molecular formula is C20H31Cl2N3O2. The first kappa shape index (κ1) is 22.1. The van der Waals surface area contributed by atoms with Gasteiger partial charge in [-0.2, -0.15) is 0 Å². The SMILES string of the molecule is COc1cc(N)c(Cl)cc1C(=O)NC1CCN(C2CCCCC2)C(C)C1.Cl. The van der Waals surface area contributed by atoms with Gasteiger partial charge in [-0.3, -0.25) is 9.69 Å². The van der Waals surface area contributed by atoms with Gasteiger partial charge in [0.15, 0.2) is 0 Å². The van der Waals surface area contributed by atoms with Crippen molar-refractivity contribution in [3.8, 4) is 5.75 Å². The summed E-state index contributed by atoms with van der Waals surface area (Å²) in [6, 6.07) is 4.59. The van der Waals surface area contributed by atoms with E-state index < -0.39 is 0 Å². The molecule has 7 heteroatoms. The van der Waals surface area contributed by atoms with Gasteiger partial charge in [-0.25, -0.2) is 0 Å². The summed E-state index contributed by atoms with van der Waals surface area (Å²) in [6.45, 7) is 3.34. The van der Waals surface area contributed by atoms with Crippen molar-refractivity contribution in [1.29, 1.82) is 0 Å². The number of piperidine rings is 1. The number of nitrogens with two attached hydrogens (primary N) is 1. The molecule has 152 valence electrons. The van der Waals surface area contributed by atoms with Crippen LogP contribution in [-0.2, 0) is 0 Å². The van der Waals surface area contributed by atoms with Crippen LogP contribution in [0.4, 0.5) is 5.69 Å². The van der Waals surface area contributed by atoms with Crippen molar-refractivity contribution < 1.29 is 9.53 Å². The maximum absolute atomic E-state index is 12.7. The Labute approximate surface area is 173 Å². The summed E-state index contributed by atoms with van der Waals surface area (Å²) in [5, 5.41) is 3.54. The molecule has 2 fully saturated rings. The monoisotopic (exact) mass is 415 g/mol. The summed E-state index contributed by atoms with van der Waals surface area (Å²) < 4.78 is 5.30. The van der Waals surface area contributed by atoms with Crippen LogP contribution in [0.15, 0.2) is 12.1 Å². The molecule has 2 unspecified atom stereocenters. The standard InChI is InChI=1S/C20H30ClN3O2.ClH/c1-13-10-14(8-9-24(13)15-6-4-3-5-7-15)23-20(25)16-11-17(21)18(22)12-19(16)26-2;/h11-15H,3-10,22H2,1-2H3,(H,23,25);1H. The molecule has 0 bridgehead atoms. The maximum atomic E-state index is 12.7. The molecule has 1 heterocycles. The van der Waals surface area contributed by atoms with E-state index in [0.29, 0.717) is 28.1 Å². The summed E-state index contributed by atoms with van der Waals surface area (Å²) in [5.41, 5.74) is 6.66. The van der Waals surface area contributed by atoms with E-state index in [1.54, 1.807) is 12.1 Å². The van der Waals surface area contributed by atoms with E-state index in [9.17, 15) is 4.79 Å². The summed E-state index contributed by atoms with van der Waals surface area (Å²) in [7, 11) is 1.53. The number of rotatable bonds is 4. The zero-order chi connectivity index (χ0) is 18.7. The van der Waals surface area contributed by atoms with Gasteiger partial charge in [-0.15, -0.1) is 12.4 Å². The molecule has 5 nitrogen and oxygen atoms in total. The lowest BCUT2D eigenvalue weighted by atomic mass is 9.89. The van der Waals surface area contributed by atoms with Gasteiger partial charge in [0, 0.05) is 30.7 Å². The number of benzene rings is 1. The number of likely N-dealkylation sites (tertiary alicyclic amines) is 1. The first-order valence-electron chi connectivity index (χ1n) is 9.69. The molecule has 2 aliphatic rings. The lowest BCUT2D eigenvalue weighted by Gasteiger charge is -2.44. The number of nitrogen functional groups attached to an aromatic ring is 1. The number of amides is 1. The maximum Gasteiger partial charge on any atom is 0.255 e. The van der Waals surface area contributed by atoms with Crippen LogP contribution in [0.3, 0.4) is 0 Å². The molecule has 27 heavy (non-hydrogen) atoms. The van der Waals surface area contributed by atoms with Crippen molar-refractivity contribution in [2.75, 3.05) is 19.4 Å². The number of halogens is 2. The number of carbonyl (C=O) groups excluding carboxylic acids is 1. The molecule has 0 spiro atoms. The van der Waals surface area contributed by atoms with E-state index in [4.69, 9.17) is 22.1 Å². The van der Waals surface area contributed by atoms with Gasteiger partial charge < -0.3 is 15.8 Å². The van der Waals surface area contributed by atoms with E-state index in [0.717, 1.165) is 25.4 Å². The average Bonchev–Trinajstić information content (AvgIpc) is 2.64. The molecule has 1 aliphatic carbocycles. The Bertz CT molecular complexity index is 650. The highest BCUT2D eigenvalue weighted by atomic mass is 35.5. The number of nitrogens with one attached hydrogen (secondary N) is 1. The van der Waals surface area contributed by atoms with E-state index in [1.807, 2.05) is 0 Å². The Hall–Kier alpha value is -1.17. The number of ether oxygens (including phenoxy) is 1. The Morgan fingerprint density at radius 1 is 1.26 bits per heavy atom. The Kier molecular flexibility index (Phi) is 8.07. The van der Waals surface area contributed by atoms with Gasteiger partial charge in [-0.1, -0.05) is 30.9 Å². The number of methoxy groups -OCH3 is 1. The molecule has 0 aromatic heterocycles. The van der Waals surface area contributed by atoms with Crippen molar-refractivity contribution in [3.63, 3.8) is 0 Å². The second kappa shape index (κ2) is 9.85. The van der Waals surface area contributed by atoms with Crippen LogP contribution < -0.4 is 15.8 Å². The van der Waals surface area contributed by atoms with Crippen molar-refractivity contribution in [1.82, 2.24) is 10.2 Å². The summed E-state index contributed by atoms with van der Waals surface area (Å²) in [6.07, 6.45) is 8.69. The summed E-state index contributed by atoms with van der Waals surface area (Å²) in [4.78, 5) is 15.4. The molecule has 3 rings (SSSR count). The molecular weight excluding hydrogens is 385 g/mol. The largest absolute Gasteiger partial charge is 0.496 e. The van der Waals surface area contributed by atoms with Gasteiger partial charge in [0.2, 0.25) is 0 Å². The van der Waals surface area contributed by atoms with E-state index in [1.165, 1.54) is 39.2 Å². The molecule has 1 aliphatic heterocycles. The number of anilines is 1. The van der Waals surface area contributed by atoms with E-state index in [-0.39, 0.29) is 24.4 Å². The van der Waals surface area contributed by atoms with Gasteiger partial charge in [0.05, 0.1) is 23.4 Å². The van der Waals surface area contributed by atoms with Gasteiger partial charge in [0.1, 0.15) is 5.75 Å². The zero-order valence-electron chi connectivity index (χ0n) is 16.2. The average molecular weight is 416 g/mol. The highest BCUT2D eigenvalue weighted by molar-refractivity contribution is 6.33. The van der Waals surface area contributed by atoms with Gasteiger partial charge >= 0.3 is 0 Å². The zero-order valence-corrected chi connectivity index (χ0v) is 17.7. The van der Waals surface area contributed by atoms with Crippen molar-refractivity contribution >= 4 is 35.6 Å². The van der Waals surface area contributed by atoms with Gasteiger partial charge in [0.25, 0.3) is 5.91 Å². The minimum atomic E-state index is -0.146. The molecule has 2 atom stereocenters. The number of hydrogen-bond donors (Lipinski definition) is 2. The first-order chi connectivity index (χ1) is 12.5. The fourth-order valence-corrected chi connectivity index (χ4v) is 4.62. The quantitative estimate of drug-likeness (QED) is 0.720.